The van der Waals surface area contributed by atoms with Crippen LogP contribution in [0.5, 0.6) is 0 Å². The molecule has 138 valence electrons. The molecule has 0 aliphatic rings. The van der Waals surface area contributed by atoms with Gasteiger partial charge in [-0.25, -0.2) is 13.4 Å². The highest BCUT2D eigenvalue weighted by Crippen LogP contribution is 2.34. The number of nitrogens with one attached hydrogen (secondary N) is 1. The lowest BCUT2D eigenvalue weighted by atomic mass is 9.93. The molecule has 0 radical (unpaired) electrons. The maximum atomic E-state index is 12.8. The normalized spacial score (nSPS) is 12.3. The van der Waals surface area contributed by atoms with E-state index in [0.717, 1.165) is 28.2 Å². The molecule has 26 heavy (non-hydrogen) atoms. The lowest BCUT2D eigenvalue weighted by molar-refractivity contribution is 0.573. The van der Waals surface area contributed by atoms with Gasteiger partial charge in [-0.15, -0.1) is 22.7 Å². The summed E-state index contributed by atoms with van der Waals surface area (Å²) < 4.78 is 28.5. The van der Waals surface area contributed by atoms with Gasteiger partial charge in [-0.3, -0.25) is 4.72 Å². The molecule has 3 aromatic rings. The Morgan fingerprint density at radius 3 is 2.50 bits per heavy atom. The molecular weight excluding hydrogens is 384 g/mol. The maximum Gasteiger partial charge on any atom is 0.271 e. The van der Waals surface area contributed by atoms with Gasteiger partial charge in [-0.2, -0.15) is 0 Å². The fourth-order valence-electron chi connectivity index (χ4n) is 2.44. The third-order valence-corrected chi connectivity index (χ3v) is 7.70. The molecule has 0 aliphatic carbocycles. The van der Waals surface area contributed by atoms with Crippen LogP contribution in [0.4, 0.5) is 5.69 Å². The van der Waals surface area contributed by atoms with Crippen molar-refractivity contribution in [2.24, 2.45) is 0 Å². The Balaban J connectivity index is 1.88. The fraction of sp³-hybridized carbons (Fsp3) is 0.316. The first-order chi connectivity index (χ1) is 12.2. The number of nitrogens with zero attached hydrogens (tertiary/aromatic N) is 1. The molecule has 1 N–H and O–H groups in total. The SMILES string of the molecule is CCc1ccccc1NS(=O)(=O)c1cc(-c2nc(C(C)(C)C)cs2)cs1. The molecule has 2 aromatic heterocycles. The summed E-state index contributed by atoms with van der Waals surface area (Å²) in [7, 11) is -3.61. The van der Waals surface area contributed by atoms with Gasteiger partial charge in [-0.05, 0) is 24.1 Å². The lowest BCUT2D eigenvalue weighted by Crippen LogP contribution is -2.12. The molecule has 0 saturated heterocycles. The molecule has 1 aromatic carbocycles. The second-order valence-electron chi connectivity index (χ2n) is 7.06. The minimum absolute atomic E-state index is 0.0227. The predicted octanol–water partition coefficient (Wildman–Crippen LogP) is 5.53. The molecule has 4 nitrogen and oxygen atoms in total. The summed E-state index contributed by atoms with van der Waals surface area (Å²) in [5, 5.41) is 4.74. The number of aromatic nitrogens is 1. The maximum absolute atomic E-state index is 12.8. The van der Waals surface area contributed by atoms with Crippen molar-refractivity contribution in [3.63, 3.8) is 0 Å². The smallest absolute Gasteiger partial charge is 0.271 e. The van der Waals surface area contributed by atoms with E-state index in [-0.39, 0.29) is 5.41 Å². The Hall–Kier alpha value is -1.70. The van der Waals surface area contributed by atoms with Crippen molar-refractivity contribution >= 4 is 38.4 Å². The molecule has 0 amide bonds. The summed E-state index contributed by atoms with van der Waals surface area (Å²) in [6.45, 7) is 8.35. The van der Waals surface area contributed by atoms with Crippen molar-refractivity contribution < 1.29 is 8.42 Å². The number of aryl methyl sites for hydroxylation is 1. The van der Waals surface area contributed by atoms with E-state index in [1.54, 1.807) is 23.5 Å². The Morgan fingerprint density at radius 2 is 1.85 bits per heavy atom. The minimum atomic E-state index is -3.61. The Bertz CT molecular complexity index is 1010. The highest BCUT2D eigenvalue weighted by atomic mass is 32.2. The molecule has 0 saturated carbocycles. The van der Waals surface area contributed by atoms with Crippen LogP contribution in [-0.4, -0.2) is 13.4 Å². The van der Waals surface area contributed by atoms with Gasteiger partial charge in [0.2, 0.25) is 0 Å². The molecule has 7 heteroatoms. The van der Waals surface area contributed by atoms with Crippen LogP contribution >= 0.6 is 22.7 Å². The third-order valence-electron chi connectivity index (χ3n) is 4.00. The van der Waals surface area contributed by atoms with Gasteiger partial charge in [0.05, 0.1) is 11.4 Å². The quantitative estimate of drug-likeness (QED) is 0.606. The van der Waals surface area contributed by atoms with E-state index in [4.69, 9.17) is 0 Å². The van der Waals surface area contributed by atoms with Crippen molar-refractivity contribution in [3.05, 3.63) is 52.3 Å². The molecule has 0 spiro atoms. The van der Waals surface area contributed by atoms with Gasteiger partial charge in [0.1, 0.15) is 9.22 Å². The molecule has 0 unspecified atom stereocenters. The number of hydrogen-bond donors (Lipinski definition) is 1. The van der Waals surface area contributed by atoms with Gasteiger partial charge < -0.3 is 0 Å². The summed E-state index contributed by atoms with van der Waals surface area (Å²) in [6.07, 6.45) is 0.767. The number of rotatable bonds is 5. The summed E-state index contributed by atoms with van der Waals surface area (Å²) in [5.41, 5.74) is 3.45. The van der Waals surface area contributed by atoms with Crippen molar-refractivity contribution in [2.45, 2.75) is 43.7 Å². The van der Waals surface area contributed by atoms with Gasteiger partial charge in [-0.1, -0.05) is 45.9 Å². The van der Waals surface area contributed by atoms with E-state index in [2.05, 4.69) is 30.5 Å². The standard InChI is InChI=1S/C19H22N2O2S3/c1-5-13-8-6-7-9-15(13)21-26(22,23)17-10-14(11-24-17)18-20-16(12-25-18)19(2,3)4/h6-12,21H,5H2,1-4H3. The average molecular weight is 407 g/mol. The van der Waals surface area contributed by atoms with Crippen LogP contribution in [0.25, 0.3) is 10.6 Å². The Labute approximate surface area is 163 Å². The molecule has 0 fully saturated rings. The number of benzene rings is 1. The predicted molar refractivity (Wildman–Crippen MR) is 111 cm³/mol. The monoisotopic (exact) mass is 406 g/mol. The number of hydrogen-bond acceptors (Lipinski definition) is 5. The van der Waals surface area contributed by atoms with E-state index in [0.29, 0.717) is 9.90 Å². The second-order valence-corrected chi connectivity index (χ2v) is 10.7. The van der Waals surface area contributed by atoms with Crippen LogP contribution < -0.4 is 4.72 Å². The zero-order valence-electron chi connectivity index (χ0n) is 15.2. The van der Waals surface area contributed by atoms with Gasteiger partial charge >= 0.3 is 0 Å². The first-order valence-electron chi connectivity index (χ1n) is 8.36. The van der Waals surface area contributed by atoms with Crippen LogP contribution in [0.2, 0.25) is 0 Å². The number of sulfonamides is 1. The van der Waals surface area contributed by atoms with Crippen molar-refractivity contribution in [1.29, 1.82) is 0 Å². The zero-order chi connectivity index (χ0) is 18.9. The second kappa shape index (κ2) is 7.13. The van der Waals surface area contributed by atoms with E-state index >= 15 is 0 Å². The molecule has 0 atom stereocenters. The Kier molecular flexibility index (Phi) is 5.23. The van der Waals surface area contributed by atoms with E-state index in [9.17, 15) is 8.42 Å². The van der Waals surface area contributed by atoms with Gasteiger partial charge in [0.15, 0.2) is 0 Å². The highest BCUT2D eigenvalue weighted by Gasteiger charge is 2.21. The van der Waals surface area contributed by atoms with E-state index in [1.807, 2.05) is 35.9 Å². The lowest BCUT2D eigenvalue weighted by Gasteiger charge is -2.14. The molecule has 0 aliphatic heterocycles. The molecule has 2 heterocycles. The number of thiophene rings is 1. The van der Waals surface area contributed by atoms with Gasteiger partial charge in [0, 0.05) is 21.7 Å². The van der Waals surface area contributed by atoms with Crippen molar-refractivity contribution in [3.8, 4) is 10.6 Å². The zero-order valence-corrected chi connectivity index (χ0v) is 17.7. The van der Waals surface area contributed by atoms with Crippen LogP contribution in [0, 0.1) is 0 Å². The van der Waals surface area contributed by atoms with Crippen LogP contribution in [0.3, 0.4) is 0 Å². The third kappa shape index (κ3) is 4.00. The molecule has 0 bridgehead atoms. The number of para-hydroxylation sites is 1. The van der Waals surface area contributed by atoms with Crippen LogP contribution in [0.1, 0.15) is 39.0 Å². The largest absolute Gasteiger partial charge is 0.279 e. The highest BCUT2D eigenvalue weighted by molar-refractivity contribution is 7.94. The molecule has 3 rings (SSSR count). The Morgan fingerprint density at radius 1 is 1.12 bits per heavy atom. The van der Waals surface area contributed by atoms with E-state index in [1.165, 1.54) is 11.3 Å². The summed E-state index contributed by atoms with van der Waals surface area (Å²) in [6, 6.07) is 9.17. The van der Waals surface area contributed by atoms with Crippen molar-refractivity contribution in [2.75, 3.05) is 4.72 Å². The average Bonchev–Trinajstić information content (AvgIpc) is 3.24. The first-order valence-corrected chi connectivity index (χ1v) is 11.6. The van der Waals surface area contributed by atoms with Crippen LogP contribution in [0.15, 0.2) is 45.3 Å². The fourth-order valence-corrected chi connectivity index (χ4v) is 5.82. The number of thiazole rings is 1. The minimum Gasteiger partial charge on any atom is -0.279 e. The summed E-state index contributed by atoms with van der Waals surface area (Å²) in [4.78, 5) is 4.67. The summed E-state index contributed by atoms with van der Waals surface area (Å²) >= 11 is 2.76. The van der Waals surface area contributed by atoms with Crippen LogP contribution in [-0.2, 0) is 21.9 Å². The molecular formula is C19H22N2O2S3. The topological polar surface area (TPSA) is 59.1 Å². The van der Waals surface area contributed by atoms with Crippen molar-refractivity contribution in [1.82, 2.24) is 4.98 Å². The number of anilines is 1. The van der Waals surface area contributed by atoms with E-state index < -0.39 is 10.0 Å². The first kappa shape index (κ1) is 19.1. The summed E-state index contributed by atoms with van der Waals surface area (Å²) in [5.74, 6) is 0. The van der Waals surface area contributed by atoms with Gasteiger partial charge in [0.25, 0.3) is 10.0 Å².